The Balaban J connectivity index is 4.17. The highest BCUT2D eigenvalue weighted by Gasteiger charge is 2.04. The van der Waals surface area contributed by atoms with Gasteiger partial charge < -0.3 is 0 Å². The normalized spacial score (nSPS) is 8.50. The molecule has 0 atom stereocenters. The maximum Gasteiger partial charge on any atom is 0.239 e. The second kappa shape index (κ2) is 5.30. The minimum absolute atomic E-state index is 0.133. The van der Waals surface area contributed by atoms with E-state index in [9.17, 15) is 4.79 Å². The highest BCUT2D eigenvalue weighted by atomic mass is 16.2. The molecular weight excluding hydrogens is 154 g/mol. The van der Waals surface area contributed by atoms with Crippen LogP contribution in [0.5, 0.6) is 0 Å². The molecule has 0 bridgehead atoms. The van der Waals surface area contributed by atoms with E-state index in [1.54, 1.807) is 0 Å². The molecular formula is C8H13N3O. The van der Waals surface area contributed by atoms with E-state index in [4.69, 9.17) is 5.26 Å². The van der Waals surface area contributed by atoms with E-state index in [1.807, 2.05) is 19.9 Å². The lowest BCUT2D eigenvalue weighted by molar-refractivity contribution is -0.128. The Bertz CT molecular complexity index is 223. The van der Waals surface area contributed by atoms with Crippen molar-refractivity contribution in [1.29, 1.82) is 5.26 Å². The molecule has 0 rings (SSSR count). The van der Waals surface area contributed by atoms with Gasteiger partial charge in [0.15, 0.2) is 0 Å². The number of amides is 1. The molecule has 0 unspecified atom stereocenters. The molecule has 0 aromatic heterocycles. The average molecular weight is 167 g/mol. The summed E-state index contributed by atoms with van der Waals surface area (Å²) < 4.78 is 0. The lowest BCUT2D eigenvalue weighted by atomic mass is 10.4. The molecule has 0 spiro atoms. The van der Waals surface area contributed by atoms with Crippen LogP contribution in [0.3, 0.4) is 0 Å². The van der Waals surface area contributed by atoms with E-state index in [0.717, 1.165) is 5.71 Å². The van der Waals surface area contributed by atoms with Crippen molar-refractivity contribution in [2.75, 3.05) is 6.54 Å². The van der Waals surface area contributed by atoms with E-state index in [-0.39, 0.29) is 5.91 Å². The molecule has 0 saturated heterocycles. The molecule has 0 heterocycles. The first-order chi connectivity index (χ1) is 5.57. The molecule has 0 aromatic rings. The first-order valence-electron chi connectivity index (χ1n) is 3.74. The van der Waals surface area contributed by atoms with Crippen molar-refractivity contribution in [3.63, 3.8) is 0 Å². The summed E-state index contributed by atoms with van der Waals surface area (Å²) >= 11 is 0. The fourth-order valence-corrected chi connectivity index (χ4v) is 0.675. The summed E-state index contributed by atoms with van der Waals surface area (Å²) in [5.41, 5.74) is 0.808. The molecule has 4 nitrogen and oxygen atoms in total. The number of nitriles is 1. The second-order valence-corrected chi connectivity index (χ2v) is 2.60. The molecule has 0 fully saturated rings. The van der Waals surface area contributed by atoms with Crippen LogP contribution >= 0.6 is 0 Å². The van der Waals surface area contributed by atoms with Crippen LogP contribution < -0.4 is 0 Å². The number of hydrazone groups is 1. The molecule has 0 aliphatic heterocycles. The van der Waals surface area contributed by atoms with Crippen molar-refractivity contribution in [2.24, 2.45) is 5.10 Å². The van der Waals surface area contributed by atoms with Crippen molar-refractivity contribution < 1.29 is 4.79 Å². The Labute approximate surface area is 72.5 Å². The lowest BCUT2D eigenvalue weighted by Gasteiger charge is -2.13. The highest BCUT2D eigenvalue weighted by Crippen LogP contribution is 1.94. The number of carbonyl (C=O) groups is 1. The maximum absolute atomic E-state index is 10.9. The van der Waals surface area contributed by atoms with Crippen LogP contribution in [0.4, 0.5) is 0 Å². The summed E-state index contributed by atoms with van der Waals surface area (Å²) in [6.45, 7) is 5.42. The zero-order valence-corrected chi connectivity index (χ0v) is 7.66. The first kappa shape index (κ1) is 10.6. The minimum Gasteiger partial charge on any atom is -0.273 e. The summed E-state index contributed by atoms with van der Waals surface area (Å²) in [6, 6.07) is 1.96. The van der Waals surface area contributed by atoms with Crippen molar-refractivity contribution >= 4 is 11.6 Å². The molecule has 0 aromatic carbocycles. The first-order valence-corrected chi connectivity index (χ1v) is 3.74. The monoisotopic (exact) mass is 167 g/mol. The van der Waals surface area contributed by atoms with Gasteiger partial charge in [-0.3, -0.25) is 4.79 Å². The number of hydrogen-bond acceptors (Lipinski definition) is 3. The van der Waals surface area contributed by atoms with Gasteiger partial charge in [0.2, 0.25) is 5.91 Å². The van der Waals surface area contributed by atoms with Gasteiger partial charge >= 0.3 is 0 Å². The zero-order chi connectivity index (χ0) is 9.56. The maximum atomic E-state index is 10.9. The van der Waals surface area contributed by atoms with Gasteiger partial charge in [0, 0.05) is 12.6 Å². The van der Waals surface area contributed by atoms with Crippen molar-refractivity contribution in [3.05, 3.63) is 0 Å². The van der Waals surface area contributed by atoms with Crippen LogP contribution in [0.15, 0.2) is 5.10 Å². The molecule has 0 aliphatic rings. The smallest absolute Gasteiger partial charge is 0.239 e. The summed E-state index contributed by atoms with van der Waals surface area (Å²) in [4.78, 5) is 10.9. The lowest BCUT2D eigenvalue weighted by Crippen LogP contribution is -2.24. The molecule has 0 saturated carbocycles. The standard InChI is InChI=1S/C8H13N3O/c1-7(2)10-11(8(3)12)6-4-5-9/h4,6H2,1-3H3. The van der Waals surface area contributed by atoms with Gasteiger partial charge in [-0.2, -0.15) is 10.4 Å². The Morgan fingerprint density at radius 2 is 2.08 bits per heavy atom. The number of rotatable bonds is 3. The minimum atomic E-state index is -0.133. The van der Waals surface area contributed by atoms with Crippen molar-refractivity contribution in [2.45, 2.75) is 27.2 Å². The van der Waals surface area contributed by atoms with E-state index in [2.05, 4.69) is 5.10 Å². The Hall–Kier alpha value is -1.37. The average Bonchev–Trinajstić information content (AvgIpc) is 1.96. The molecule has 0 radical (unpaired) electrons. The molecule has 0 aliphatic carbocycles. The summed E-state index contributed by atoms with van der Waals surface area (Å²) in [5.74, 6) is -0.133. The predicted molar refractivity (Wildman–Crippen MR) is 46.4 cm³/mol. The Morgan fingerprint density at radius 3 is 2.42 bits per heavy atom. The van der Waals surface area contributed by atoms with Crippen LogP contribution in [0.1, 0.15) is 27.2 Å². The highest BCUT2D eigenvalue weighted by molar-refractivity contribution is 5.81. The van der Waals surface area contributed by atoms with Crippen LogP contribution in [-0.4, -0.2) is 23.2 Å². The van der Waals surface area contributed by atoms with E-state index in [1.165, 1.54) is 11.9 Å². The quantitative estimate of drug-likeness (QED) is 0.467. The summed E-state index contributed by atoms with van der Waals surface area (Å²) in [6.07, 6.45) is 0.316. The largest absolute Gasteiger partial charge is 0.273 e. The third-order valence-corrected chi connectivity index (χ3v) is 1.12. The van der Waals surface area contributed by atoms with Gasteiger partial charge in [-0.25, -0.2) is 5.01 Å². The fraction of sp³-hybridized carbons (Fsp3) is 0.625. The number of nitrogens with zero attached hydrogens (tertiary/aromatic N) is 3. The molecule has 4 heteroatoms. The third-order valence-electron chi connectivity index (χ3n) is 1.12. The summed E-state index contributed by atoms with van der Waals surface area (Å²) in [5, 5.41) is 13.6. The van der Waals surface area contributed by atoms with Gasteiger partial charge in [0.1, 0.15) is 0 Å². The molecule has 66 valence electrons. The topological polar surface area (TPSA) is 56.5 Å². The molecule has 1 amide bonds. The van der Waals surface area contributed by atoms with Gasteiger partial charge in [-0.1, -0.05) is 0 Å². The van der Waals surface area contributed by atoms with Crippen LogP contribution in [-0.2, 0) is 4.79 Å². The van der Waals surface area contributed by atoms with Gasteiger partial charge in [0.25, 0.3) is 0 Å². The predicted octanol–water partition coefficient (Wildman–Crippen LogP) is 1.14. The van der Waals surface area contributed by atoms with Gasteiger partial charge in [0.05, 0.1) is 19.0 Å². The number of hydrogen-bond donors (Lipinski definition) is 0. The Morgan fingerprint density at radius 1 is 1.50 bits per heavy atom. The number of carbonyl (C=O) groups excluding carboxylic acids is 1. The van der Waals surface area contributed by atoms with Crippen molar-refractivity contribution in [1.82, 2.24) is 5.01 Å². The second-order valence-electron chi connectivity index (χ2n) is 2.60. The van der Waals surface area contributed by atoms with Crippen LogP contribution in [0.2, 0.25) is 0 Å². The van der Waals surface area contributed by atoms with E-state index >= 15 is 0 Å². The van der Waals surface area contributed by atoms with E-state index in [0.29, 0.717) is 13.0 Å². The third kappa shape index (κ3) is 4.45. The van der Waals surface area contributed by atoms with Gasteiger partial charge in [-0.05, 0) is 13.8 Å². The fourth-order valence-electron chi connectivity index (χ4n) is 0.675. The van der Waals surface area contributed by atoms with Crippen LogP contribution in [0.25, 0.3) is 0 Å². The van der Waals surface area contributed by atoms with Gasteiger partial charge in [-0.15, -0.1) is 0 Å². The SMILES string of the molecule is CC(=O)N(CCC#N)N=C(C)C. The Kier molecular flexibility index (Phi) is 4.70. The van der Waals surface area contributed by atoms with E-state index < -0.39 is 0 Å². The van der Waals surface area contributed by atoms with Crippen LogP contribution in [0, 0.1) is 11.3 Å². The van der Waals surface area contributed by atoms with Crippen molar-refractivity contribution in [3.8, 4) is 6.07 Å². The summed E-state index contributed by atoms with van der Waals surface area (Å²) in [7, 11) is 0. The molecule has 0 N–H and O–H groups in total. The zero-order valence-electron chi connectivity index (χ0n) is 7.66. The molecule has 12 heavy (non-hydrogen) atoms.